The van der Waals surface area contributed by atoms with Crippen molar-refractivity contribution in [1.82, 2.24) is 10.6 Å². The third-order valence-electron chi connectivity index (χ3n) is 8.39. The summed E-state index contributed by atoms with van der Waals surface area (Å²) in [5, 5.41) is 6.33. The van der Waals surface area contributed by atoms with Gasteiger partial charge in [0.25, 0.3) is 0 Å². The van der Waals surface area contributed by atoms with E-state index >= 15 is 0 Å². The largest absolute Gasteiger partial charge is 0.493 e. The van der Waals surface area contributed by atoms with Crippen molar-refractivity contribution in [3.63, 3.8) is 0 Å². The normalized spacial score (nSPS) is 22.9. The van der Waals surface area contributed by atoms with Crippen molar-refractivity contribution in [2.24, 2.45) is 11.3 Å². The molecule has 2 aliphatic carbocycles. The van der Waals surface area contributed by atoms with E-state index in [2.05, 4.69) is 10.6 Å². The monoisotopic (exact) mass is 572 g/mol. The van der Waals surface area contributed by atoms with Crippen molar-refractivity contribution >= 4 is 5.91 Å². The summed E-state index contributed by atoms with van der Waals surface area (Å²) in [6.45, 7) is 3.39. The van der Waals surface area contributed by atoms with Gasteiger partial charge in [0.15, 0.2) is 11.5 Å². The molecule has 1 unspecified atom stereocenters. The molecule has 2 aromatic rings. The number of rotatable bonds is 8. The molecule has 0 aliphatic heterocycles. The number of halogens is 6. The highest BCUT2D eigenvalue weighted by Gasteiger charge is 2.48. The highest BCUT2D eigenvalue weighted by Crippen LogP contribution is 2.47. The van der Waals surface area contributed by atoms with Crippen LogP contribution in [0.25, 0.3) is 0 Å². The summed E-state index contributed by atoms with van der Waals surface area (Å²) in [7, 11) is 3.20. The molecule has 1 saturated carbocycles. The first kappa shape index (κ1) is 30.0. The standard InChI is InChI=1S/C29H34F6N2O3/c1-16(2)27(26(38)36-15-17-11-18(28(30,31)32)13-19(12-17)29(33,34)35)10-9-20(14-27)37-23-7-5-22-21(23)6-8-24(39-3)25(22)40-4/h6,8,11-13,16,20,23,37H,5,7,9-10,14-15H2,1-4H3,(H,36,38)/t20-,23?,27+/m1/s1. The Balaban J connectivity index is 1.47. The van der Waals surface area contributed by atoms with Crippen molar-refractivity contribution in [2.75, 3.05) is 14.2 Å². The Kier molecular flexibility index (Phi) is 8.36. The van der Waals surface area contributed by atoms with Gasteiger partial charge in [0.05, 0.1) is 30.8 Å². The molecule has 0 radical (unpaired) electrons. The van der Waals surface area contributed by atoms with E-state index in [0.29, 0.717) is 37.1 Å². The van der Waals surface area contributed by atoms with Gasteiger partial charge in [-0.05, 0) is 73.4 Å². The smallest absolute Gasteiger partial charge is 0.416 e. The van der Waals surface area contributed by atoms with Gasteiger partial charge in [-0.1, -0.05) is 19.9 Å². The van der Waals surface area contributed by atoms with Gasteiger partial charge in [-0.3, -0.25) is 4.79 Å². The van der Waals surface area contributed by atoms with Crippen LogP contribution in [0, 0.1) is 11.3 Å². The van der Waals surface area contributed by atoms with Gasteiger partial charge in [-0.2, -0.15) is 26.3 Å². The molecular formula is C29H34F6N2O3. The van der Waals surface area contributed by atoms with Gasteiger partial charge in [0.2, 0.25) is 5.91 Å². The van der Waals surface area contributed by atoms with Crippen molar-refractivity contribution in [2.45, 2.75) is 76.9 Å². The van der Waals surface area contributed by atoms with Crippen LogP contribution in [0.1, 0.15) is 73.4 Å². The lowest BCUT2D eigenvalue weighted by atomic mass is 9.74. The van der Waals surface area contributed by atoms with Crippen LogP contribution < -0.4 is 20.1 Å². The van der Waals surface area contributed by atoms with E-state index < -0.39 is 35.4 Å². The summed E-state index contributed by atoms with van der Waals surface area (Å²) in [6.07, 6.45) is -6.45. The summed E-state index contributed by atoms with van der Waals surface area (Å²) in [4.78, 5) is 13.5. The molecule has 1 amide bonds. The number of alkyl halides is 6. The quantitative estimate of drug-likeness (QED) is 0.341. The second kappa shape index (κ2) is 11.1. The number of carbonyl (C=O) groups excluding carboxylic acids is 1. The molecule has 2 aromatic carbocycles. The Morgan fingerprint density at radius 1 is 1.00 bits per heavy atom. The number of ether oxygens (including phenoxy) is 2. The molecule has 3 atom stereocenters. The number of carbonyl (C=O) groups is 1. The molecule has 220 valence electrons. The van der Waals surface area contributed by atoms with Crippen molar-refractivity contribution < 1.29 is 40.6 Å². The van der Waals surface area contributed by atoms with Gasteiger partial charge in [0.1, 0.15) is 0 Å². The van der Waals surface area contributed by atoms with Crippen LogP contribution in [0.2, 0.25) is 0 Å². The predicted octanol–water partition coefficient (Wildman–Crippen LogP) is 6.83. The van der Waals surface area contributed by atoms with Gasteiger partial charge in [0, 0.05) is 24.2 Å². The number of methoxy groups -OCH3 is 2. The fraction of sp³-hybridized carbons (Fsp3) is 0.552. The average Bonchev–Trinajstić information content (AvgIpc) is 3.51. The number of amides is 1. The van der Waals surface area contributed by atoms with Crippen molar-refractivity contribution in [1.29, 1.82) is 0 Å². The second-order valence-corrected chi connectivity index (χ2v) is 11.0. The zero-order valence-corrected chi connectivity index (χ0v) is 22.9. The lowest BCUT2D eigenvalue weighted by Crippen LogP contribution is -2.44. The number of hydrogen-bond acceptors (Lipinski definition) is 4. The predicted molar refractivity (Wildman–Crippen MR) is 137 cm³/mol. The van der Waals surface area contributed by atoms with Gasteiger partial charge in [-0.25, -0.2) is 0 Å². The minimum atomic E-state index is -4.95. The van der Waals surface area contributed by atoms with E-state index in [9.17, 15) is 31.1 Å². The zero-order chi connectivity index (χ0) is 29.5. The van der Waals surface area contributed by atoms with Crippen LogP contribution in [-0.4, -0.2) is 26.2 Å². The molecule has 0 bridgehead atoms. The Hall–Kier alpha value is -2.95. The van der Waals surface area contributed by atoms with Gasteiger partial charge < -0.3 is 20.1 Å². The Bertz CT molecular complexity index is 1210. The zero-order valence-electron chi connectivity index (χ0n) is 22.9. The lowest BCUT2D eigenvalue weighted by molar-refractivity contribution is -0.143. The average molecular weight is 573 g/mol. The Morgan fingerprint density at radius 3 is 2.20 bits per heavy atom. The number of benzene rings is 2. The Labute approximate surface area is 229 Å². The summed E-state index contributed by atoms with van der Waals surface area (Å²) in [6, 6.07) is 5.36. The molecule has 40 heavy (non-hydrogen) atoms. The fourth-order valence-electron chi connectivity index (χ4n) is 6.18. The molecule has 11 heteroatoms. The minimum absolute atomic E-state index is 0.0163. The molecule has 1 fully saturated rings. The van der Waals surface area contributed by atoms with Gasteiger partial charge in [-0.15, -0.1) is 0 Å². The molecule has 0 spiro atoms. The SMILES string of the molecule is COc1ccc2c(c1OC)CCC2N[C@@H]1CC[C@@](C(=O)NCc2cc(C(F)(F)F)cc(C(F)(F)F)c2)(C(C)C)C1. The Morgan fingerprint density at radius 2 is 1.65 bits per heavy atom. The lowest BCUT2D eigenvalue weighted by Gasteiger charge is -2.33. The molecule has 4 rings (SSSR count). The van der Waals surface area contributed by atoms with E-state index in [-0.39, 0.29) is 35.5 Å². The first-order chi connectivity index (χ1) is 18.7. The fourth-order valence-corrected chi connectivity index (χ4v) is 6.18. The summed E-state index contributed by atoms with van der Waals surface area (Å²) in [5.74, 6) is 0.930. The first-order valence-electron chi connectivity index (χ1n) is 13.3. The molecule has 2 N–H and O–H groups in total. The molecule has 5 nitrogen and oxygen atoms in total. The topological polar surface area (TPSA) is 59.6 Å². The van der Waals surface area contributed by atoms with Crippen LogP contribution in [0.15, 0.2) is 30.3 Å². The van der Waals surface area contributed by atoms with Crippen LogP contribution >= 0.6 is 0 Å². The van der Waals surface area contributed by atoms with Crippen LogP contribution in [0.3, 0.4) is 0 Å². The second-order valence-electron chi connectivity index (χ2n) is 11.0. The highest BCUT2D eigenvalue weighted by molar-refractivity contribution is 5.83. The van der Waals surface area contributed by atoms with E-state index in [1.165, 1.54) is 0 Å². The molecule has 0 saturated heterocycles. The third-order valence-corrected chi connectivity index (χ3v) is 8.39. The maximum atomic E-state index is 13.5. The number of hydrogen-bond donors (Lipinski definition) is 2. The highest BCUT2D eigenvalue weighted by atomic mass is 19.4. The van der Waals surface area contributed by atoms with Crippen molar-refractivity contribution in [3.8, 4) is 11.5 Å². The summed E-state index contributed by atoms with van der Waals surface area (Å²) in [5.41, 5.74) is -1.65. The summed E-state index contributed by atoms with van der Waals surface area (Å²) >= 11 is 0. The number of nitrogens with one attached hydrogen (secondary N) is 2. The maximum Gasteiger partial charge on any atom is 0.416 e. The van der Waals surface area contributed by atoms with Crippen molar-refractivity contribution in [3.05, 3.63) is 58.1 Å². The first-order valence-corrected chi connectivity index (χ1v) is 13.3. The van der Waals surface area contributed by atoms with E-state index in [4.69, 9.17) is 9.47 Å². The van der Waals surface area contributed by atoms with Gasteiger partial charge >= 0.3 is 12.4 Å². The minimum Gasteiger partial charge on any atom is -0.493 e. The summed E-state index contributed by atoms with van der Waals surface area (Å²) < 4.78 is 90.5. The number of fused-ring (bicyclic) bond motifs is 1. The molecule has 0 heterocycles. The third kappa shape index (κ3) is 5.89. The molecular weight excluding hydrogens is 538 g/mol. The van der Waals surface area contributed by atoms with Crippen LogP contribution in [-0.2, 0) is 30.1 Å². The molecule has 2 aliphatic rings. The maximum absolute atomic E-state index is 13.5. The van der Waals surface area contributed by atoms with E-state index in [0.717, 1.165) is 29.7 Å². The molecule has 0 aromatic heterocycles. The van der Waals surface area contributed by atoms with Crippen LogP contribution in [0.5, 0.6) is 11.5 Å². The van der Waals surface area contributed by atoms with Crippen LogP contribution in [0.4, 0.5) is 26.3 Å². The van der Waals surface area contributed by atoms with E-state index in [1.54, 1.807) is 14.2 Å². The van der Waals surface area contributed by atoms with E-state index in [1.807, 2.05) is 26.0 Å².